The van der Waals surface area contributed by atoms with E-state index in [9.17, 15) is 84.6 Å². The average molecular weight is 1760 g/mol. The molecule has 20 N–H and O–H groups in total. The average Bonchev–Trinajstić information content (AvgIpc) is 1.54. The second-order valence-electron chi connectivity index (χ2n) is 32.7. The van der Waals surface area contributed by atoms with Crippen LogP contribution in [0.25, 0.3) is 11.1 Å². The van der Waals surface area contributed by atoms with Crippen molar-refractivity contribution in [3.8, 4) is 62.9 Å². The lowest BCUT2D eigenvalue weighted by molar-refractivity contribution is -0.334. The third-order valence-corrected chi connectivity index (χ3v) is 24.3. The Morgan fingerprint density at radius 2 is 1.31 bits per heavy atom. The minimum absolute atomic E-state index is 0.0895. The molecule has 9 amide bonds. The number of allylic oxidation sites excluding steroid dienone is 2. The molecule has 13 bridgehead atoms. The van der Waals surface area contributed by atoms with Crippen molar-refractivity contribution < 1.29 is 132 Å². The SMILES string of the molecule is CN[C@H](CC(C)C)C(=O)N[C@H]1C(=O)N[C@@H](CC(N)=O)C(=O)N[C@H]2C(=O)N[C@H]3C(=O)N[C@H](C(=O)N[C@H](C(=O)O)c4cc(O)cc(O)c4-c4cc3ccc4O)[C@H](O)c3ccc(c(Cl)c3)Oc3cc2cc(c3O[C@@H]2O[C@H](CO)[C@@H](O)[C@H](O)[C@H]2O[C@H]2C[C@@](C)(NCc3ccc(OCCCN4C(=O)[C@@H]5[C@H](C4=O)[C@H]4C=C[C@@H]5C4)cc3)[C@H](O)[C@H](C)O2)Oc2ccc(cc2Cl)[C@H]1O. The van der Waals surface area contributed by atoms with Gasteiger partial charge in [0.25, 0.3) is 0 Å². The van der Waals surface area contributed by atoms with Crippen molar-refractivity contribution in [2.45, 2.75) is 176 Å². The number of carboxylic acid groups (broad SMARTS) is 1. The molecule has 16 rings (SSSR count). The molecule has 4 fully saturated rings. The van der Waals surface area contributed by atoms with Gasteiger partial charge >= 0.3 is 5.97 Å². The lowest BCUT2D eigenvalue weighted by Gasteiger charge is -2.48. The van der Waals surface area contributed by atoms with Crippen molar-refractivity contribution in [2.75, 3.05) is 26.8 Å². The van der Waals surface area contributed by atoms with Crippen molar-refractivity contribution >= 4 is 82.3 Å². The van der Waals surface area contributed by atoms with Gasteiger partial charge in [0, 0.05) is 47.8 Å². The van der Waals surface area contributed by atoms with Crippen LogP contribution in [0.3, 0.4) is 0 Å². The minimum Gasteiger partial charge on any atom is -0.508 e. The molecule has 39 heteroatoms. The number of halogens is 2. The Morgan fingerprint density at radius 3 is 1.93 bits per heavy atom. The number of primary amides is 1. The summed E-state index contributed by atoms with van der Waals surface area (Å²) >= 11 is 14.3. The van der Waals surface area contributed by atoms with E-state index < -0.39 is 237 Å². The quantitative estimate of drug-likeness (QED) is 0.0280. The largest absolute Gasteiger partial charge is 0.508 e. The molecule has 10 aliphatic rings. The number of ether oxygens (including phenoxy) is 7. The Kier molecular flexibility index (Phi) is 26.2. The third-order valence-electron chi connectivity index (χ3n) is 23.7. The van der Waals surface area contributed by atoms with E-state index in [1.807, 2.05) is 26.0 Å². The van der Waals surface area contributed by atoms with Gasteiger partial charge < -0.3 is 132 Å². The van der Waals surface area contributed by atoms with Crippen molar-refractivity contribution in [3.05, 3.63) is 159 Å². The van der Waals surface area contributed by atoms with E-state index in [0.717, 1.165) is 78.7 Å². The van der Waals surface area contributed by atoms with Crippen molar-refractivity contribution in [1.82, 2.24) is 47.4 Å². The number of benzene rings is 6. The van der Waals surface area contributed by atoms with E-state index in [4.69, 9.17) is 62.1 Å². The Balaban J connectivity index is 0.861. The highest BCUT2D eigenvalue weighted by atomic mass is 35.5. The van der Waals surface area contributed by atoms with Gasteiger partial charge in [-0.05, 0) is 152 Å². The number of likely N-dealkylation sites (N-methyl/N-ethyl adjacent to an activating group) is 1. The highest BCUT2D eigenvalue weighted by molar-refractivity contribution is 6.32. The van der Waals surface area contributed by atoms with Gasteiger partial charge in [-0.1, -0.05) is 79.5 Å². The van der Waals surface area contributed by atoms with Crippen LogP contribution in [-0.4, -0.2) is 221 Å². The first-order valence-electron chi connectivity index (χ1n) is 40.2. The van der Waals surface area contributed by atoms with Gasteiger partial charge in [-0.2, -0.15) is 0 Å². The van der Waals surface area contributed by atoms with Gasteiger partial charge in [-0.15, -0.1) is 0 Å². The summed E-state index contributed by atoms with van der Waals surface area (Å²) in [5, 5.41) is 137. The molecule has 0 spiro atoms. The number of aliphatic hydroxyl groups is 6. The Morgan fingerprint density at radius 1 is 0.694 bits per heavy atom. The zero-order valence-electron chi connectivity index (χ0n) is 67.2. The molecule has 8 aliphatic heterocycles. The molecule has 0 unspecified atom stereocenters. The zero-order valence-corrected chi connectivity index (χ0v) is 68.7. The van der Waals surface area contributed by atoms with Gasteiger partial charge in [0.1, 0.15) is 95.2 Å². The Labute approximate surface area is 717 Å². The molecule has 3 saturated heterocycles. The number of fused-ring (bicyclic) bond motifs is 20. The molecule has 37 nitrogen and oxygen atoms in total. The topological polar surface area (TPSA) is 563 Å². The van der Waals surface area contributed by atoms with E-state index in [0.29, 0.717) is 12.2 Å². The van der Waals surface area contributed by atoms with Crippen LogP contribution in [-0.2, 0) is 68.7 Å². The number of aromatic hydroxyl groups is 3. The Bertz CT molecular complexity index is 5190. The number of phenols is 3. The van der Waals surface area contributed by atoms with Crippen LogP contribution in [0, 0.1) is 29.6 Å². The van der Waals surface area contributed by atoms with Crippen LogP contribution in [0.4, 0.5) is 0 Å². The standard InChI is InChI=1S/C85H94Cl2N10O27/c1-34(2)21-49(89-5)75(108)95-66-68(103)40-12-17-53(47(86)24-40)120-55-26-42-27-56(72(55)124-84-73(71(106)70(105)57(33-98)122-84)123-59-31-85(4,74(107)35(3)119-59)90-32-36-7-14-44(15-8-36)118-20-6-19-97-81(114)60-37-9-10-38(22-37)61(60)82(97)115)121-54-18-13-41(25-48(54)87)69(104)67-80(113)94-65(83(116)117)46-28-43(99)29-52(101)62(46)45-23-39(11-16-51(45)100)63(77(110)96-67)93-78(111)64(42)92-76(109)50(30-58(88)102)91-79(66)112/h7-18,23-29,34-35,37-38,49-50,57,59-61,63-71,73-74,84,89-90,98-101,103-107H,6,19-22,30-33H2,1-5H3,(H2,88,102)(H,91,112)(H,92,109)(H,93,111)(H,94,113)(H,95,108)(H,96,110)(H,116,117)/t35-,37-,38+,49+,50-,57+,59-,60+,61-,63+,64+,65-,66+,67-,68+,69+,70+,71-,73+,74+,84-,85+/m0/s1. The van der Waals surface area contributed by atoms with Crippen LogP contribution in [0.15, 0.2) is 115 Å². The number of nitrogens with zero attached hydrogens (tertiary/aromatic N) is 1. The number of phenolic OH excluding ortho intramolecular Hbond substituents is 3. The number of imide groups is 1. The van der Waals surface area contributed by atoms with Gasteiger partial charge in [-0.25, -0.2) is 4.79 Å². The number of aliphatic hydroxyl groups excluding tert-OH is 6. The maximum absolute atomic E-state index is 16.2. The molecular weight excluding hydrogens is 1660 g/mol. The summed E-state index contributed by atoms with van der Waals surface area (Å²) in [4.78, 5) is 146. The molecule has 1 saturated carbocycles. The normalized spacial score (nSPS) is 29.9. The van der Waals surface area contributed by atoms with E-state index >= 15 is 14.4 Å². The maximum Gasteiger partial charge on any atom is 0.330 e. The van der Waals surface area contributed by atoms with Crippen molar-refractivity contribution in [3.63, 3.8) is 0 Å². The van der Waals surface area contributed by atoms with E-state index in [1.54, 1.807) is 38.1 Å². The van der Waals surface area contributed by atoms with Crippen LogP contribution in [0.5, 0.6) is 51.7 Å². The lowest BCUT2D eigenvalue weighted by atomic mass is 9.84. The van der Waals surface area contributed by atoms with E-state index in [2.05, 4.69) is 42.5 Å². The number of hydrogen-bond acceptors (Lipinski definition) is 28. The van der Waals surface area contributed by atoms with Crippen LogP contribution >= 0.6 is 23.2 Å². The number of amides is 9. The molecule has 0 radical (unpaired) electrons. The maximum atomic E-state index is 16.2. The molecule has 124 heavy (non-hydrogen) atoms. The fraction of sp³-hybridized carbons (Fsp3) is 0.435. The van der Waals surface area contributed by atoms with Crippen molar-refractivity contribution in [1.29, 1.82) is 0 Å². The Hall–Kier alpha value is -11.3. The second-order valence-corrected chi connectivity index (χ2v) is 33.5. The summed E-state index contributed by atoms with van der Waals surface area (Å²) in [6, 6.07) is 6.22. The summed E-state index contributed by atoms with van der Waals surface area (Å²) < 4.78 is 45.6. The van der Waals surface area contributed by atoms with Gasteiger partial charge in [-0.3, -0.25) is 48.1 Å². The van der Waals surface area contributed by atoms with Gasteiger partial charge in [0.05, 0.1) is 59.8 Å². The number of hydrogen-bond donors (Lipinski definition) is 19. The number of rotatable bonds is 21. The van der Waals surface area contributed by atoms with Crippen molar-refractivity contribution in [2.24, 2.45) is 35.3 Å². The monoisotopic (exact) mass is 1760 g/mol. The van der Waals surface area contributed by atoms with Crippen LogP contribution in [0.2, 0.25) is 10.0 Å². The lowest BCUT2D eigenvalue weighted by Crippen LogP contribution is -2.65. The summed E-state index contributed by atoms with van der Waals surface area (Å²) in [5.74, 6) is -16.4. The number of nitrogens with one attached hydrogen (secondary N) is 8. The number of likely N-dealkylation sites (tertiary alicyclic amines) is 1. The number of aliphatic carboxylic acids is 1. The summed E-state index contributed by atoms with van der Waals surface area (Å²) in [7, 11) is 1.47. The van der Waals surface area contributed by atoms with E-state index in [1.165, 1.54) is 24.1 Å². The summed E-state index contributed by atoms with van der Waals surface area (Å²) in [5.41, 5.74) is 2.30. The summed E-state index contributed by atoms with van der Waals surface area (Å²) in [6.45, 7) is 6.44. The van der Waals surface area contributed by atoms with E-state index in [-0.39, 0.29) is 101 Å². The number of nitrogens with two attached hydrogens (primary N) is 1. The molecule has 0 aromatic heterocycles. The van der Waals surface area contributed by atoms with Crippen LogP contribution < -0.4 is 67.2 Å². The number of carbonyl (C=O) groups is 10. The number of carboxylic acids is 1. The molecular formula is C85H94Cl2N10O27. The fourth-order valence-corrected chi connectivity index (χ4v) is 17.7. The molecule has 2 aliphatic carbocycles. The second kappa shape index (κ2) is 36.5. The minimum atomic E-state index is -2.38. The zero-order chi connectivity index (χ0) is 88.9. The molecule has 8 heterocycles. The smallest absolute Gasteiger partial charge is 0.330 e. The third kappa shape index (κ3) is 18.2. The molecule has 660 valence electrons. The predicted octanol–water partition coefficient (Wildman–Crippen LogP) is 2.51. The highest BCUT2D eigenvalue weighted by Crippen LogP contribution is 2.54. The first-order chi connectivity index (χ1) is 59.0. The van der Waals surface area contributed by atoms with Gasteiger partial charge in [0.15, 0.2) is 29.9 Å². The van der Waals surface area contributed by atoms with Crippen LogP contribution in [0.1, 0.15) is 124 Å². The molecule has 6 aromatic carbocycles. The first-order valence-corrected chi connectivity index (χ1v) is 40.9. The highest BCUT2D eigenvalue weighted by Gasteiger charge is 2.59. The molecule has 22 atom stereocenters. The predicted molar refractivity (Wildman–Crippen MR) is 433 cm³/mol. The van der Waals surface area contributed by atoms with Gasteiger partial charge in [0.2, 0.25) is 65.2 Å². The molecule has 6 aromatic rings. The first kappa shape index (κ1) is 89.0. The fourth-order valence-electron chi connectivity index (χ4n) is 17.2. The number of carbonyl (C=O) groups excluding carboxylic acids is 9. The summed E-state index contributed by atoms with van der Waals surface area (Å²) in [6.07, 6.45) is -13.7.